The summed E-state index contributed by atoms with van der Waals surface area (Å²) in [6.45, 7) is 0. The Morgan fingerprint density at radius 2 is 1.52 bits per heavy atom. The molecule has 4 N–H and O–H groups in total. The summed E-state index contributed by atoms with van der Waals surface area (Å²) in [5, 5.41) is 0. The second-order valence-corrected chi connectivity index (χ2v) is 4.61. The van der Waals surface area contributed by atoms with Gasteiger partial charge in [0.2, 0.25) is 0 Å². The highest BCUT2D eigenvalue weighted by molar-refractivity contribution is 6.33. The number of carbonyl (C=O) groups is 3. The normalized spacial score (nSPS) is 13.4. The molecule has 6 heteroatoms. The van der Waals surface area contributed by atoms with E-state index in [-0.39, 0.29) is 28.1 Å². The Bertz CT molecular complexity index is 799. The van der Waals surface area contributed by atoms with Crippen molar-refractivity contribution in [1.29, 1.82) is 0 Å². The quantitative estimate of drug-likeness (QED) is 0.605. The van der Waals surface area contributed by atoms with Crippen LogP contribution in [0.1, 0.15) is 31.1 Å². The van der Waals surface area contributed by atoms with Crippen LogP contribution in [0.25, 0.3) is 0 Å². The van der Waals surface area contributed by atoms with Gasteiger partial charge in [-0.2, -0.15) is 0 Å². The van der Waals surface area contributed by atoms with Gasteiger partial charge in [-0.3, -0.25) is 14.4 Å². The van der Waals surface area contributed by atoms with Crippen LogP contribution in [0.4, 0.5) is 11.4 Å². The minimum atomic E-state index is -0.751. The second kappa shape index (κ2) is 4.45. The van der Waals surface area contributed by atoms with Crippen molar-refractivity contribution in [2.75, 3.05) is 11.5 Å². The number of nitrogens with two attached hydrogens (primary N) is 2. The molecule has 1 aliphatic rings. The standard InChI is InChI=1S/C15H11N3O3/c16-10-6-2-1-4-8(10)13(19)18-14(20)9-5-3-7-11(17)12(9)15(18)21/h1-7H,16-17H2. The molecule has 1 aliphatic heterocycles. The van der Waals surface area contributed by atoms with Crippen LogP contribution in [0, 0.1) is 0 Å². The van der Waals surface area contributed by atoms with Crippen molar-refractivity contribution in [2.24, 2.45) is 0 Å². The number of carbonyl (C=O) groups excluding carboxylic acids is 3. The van der Waals surface area contributed by atoms with E-state index in [1.54, 1.807) is 18.2 Å². The van der Waals surface area contributed by atoms with Crippen LogP contribution in [-0.2, 0) is 0 Å². The Morgan fingerprint density at radius 1 is 0.857 bits per heavy atom. The molecule has 0 fully saturated rings. The molecular formula is C15H11N3O3. The summed E-state index contributed by atoms with van der Waals surface area (Å²) in [6, 6.07) is 10.8. The lowest BCUT2D eigenvalue weighted by molar-refractivity contribution is 0.0567. The van der Waals surface area contributed by atoms with E-state index in [1.807, 2.05) is 0 Å². The van der Waals surface area contributed by atoms with E-state index in [0.29, 0.717) is 4.90 Å². The largest absolute Gasteiger partial charge is 0.398 e. The maximum Gasteiger partial charge on any atom is 0.270 e. The molecule has 0 radical (unpaired) electrons. The van der Waals surface area contributed by atoms with E-state index in [1.165, 1.54) is 24.3 Å². The molecule has 2 aromatic carbocycles. The van der Waals surface area contributed by atoms with Crippen molar-refractivity contribution in [3.63, 3.8) is 0 Å². The molecule has 3 amide bonds. The molecule has 104 valence electrons. The Hall–Kier alpha value is -3.15. The van der Waals surface area contributed by atoms with Crippen LogP contribution in [-0.4, -0.2) is 22.6 Å². The minimum absolute atomic E-state index is 0.0605. The molecule has 0 aromatic heterocycles. The van der Waals surface area contributed by atoms with Gasteiger partial charge in [0.15, 0.2) is 0 Å². The van der Waals surface area contributed by atoms with E-state index in [4.69, 9.17) is 11.5 Å². The highest BCUT2D eigenvalue weighted by Crippen LogP contribution is 2.29. The number of hydrogen-bond acceptors (Lipinski definition) is 5. The first-order valence-electron chi connectivity index (χ1n) is 6.18. The summed E-state index contributed by atoms with van der Waals surface area (Å²) in [5.41, 5.74) is 12.1. The number of fused-ring (bicyclic) bond motifs is 1. The van der Waals surface area contributed by atoms with Crippen molar-refractivity contribution >= 4 is 29.1 Å². The number of imide groups is 3. The van der Waals surface area contributed by atoms with Gasteiger partial charge >= 0.3 is 0 Å². The van der Waals surface area contributed by atoms with Crippen molar-refractivity contribution in [3.8, 4) is 0 Å². The smallest absolute Gasteiger partial charge is 0.270 e. The summed E-state index contributed by atoms with van der Waals surface area (Å²) in [6.07, 6.45) is 0. The molecule has 0 spiro atoms. The fraction of sp³-hybridized carbons (Fsp3) is 0. The van der Waals surface area contributed by atoms with Gasteiger partial charge in [0.05, 0.1) is 16.7 Å². The predicted octanol–water partition coefficient (Wildman–Crippen LogP) is 1.29. The molecule has 0 saturated carbocycles. The molecule has 0 aliphatic carbocycles. The molecule has 0 saturated heterocycles. The lowest BCUT2D eigenvalue weighted by atomic mass is 10.1. The molecule has 0 unspecified atom stereocenters. The Balaban J connectivity index is 2.09. The number of nitrogen functional groups attached to an aromatic ring is 2. The van der Waals surface area contributed by atoms with Crippen molar-refractivity contribution < 1.29 is 14.4 Å². The fourth-order valence-electron chi connectivity index (χ4n) is 2.31. The third kappa shape index (κ3) is 1.77. The molecule has 2 aromatic rings. The minimum Gasteiger partial charge on any atom is -0.398 e. The van der Waals surface area contributed by atoms with Gasteiger partial charge < -0.3 is 11.5 Å². The first-order chi connectivity index (χ1) is 10.0. The maximum atomic E-state index is 12.4. The van der Waals surface area contributed by atoms with Gasteiger partial charge in [0.1, 0.15) is 0 Å². The highest BCUT2D eigenvalue weighted by atomic mass is 16.2. The summed E-state index contributed by atoms with van der Waals surface area (Å²) in [7, 11) is 0. The number of nitrogens with zero attached hydrogens (tertiary/aromatic N) is 1. The van der Waals surface area contributed by atoms with Crippen LogP contribution in [0.3, 0.4) is 0 Å². The first-order valence-corrected chi connectivity index (χ1v) is 6.18. The highest BCUT2D eigenvalue weighted by Gasteiger charge is 2.41. The van der Waals surface area contributed by atoms with Gasteiger partial charge in [0, 0.05) is 11.4 Å². The topological polar surface area (TPSA) is 106 Å². The lowest BCUT2D eigenvalue weighted by Gasteiger charge is -2.13. The second-order valence-electron chi connectivity index (χ2n) is 4.61. The molecule has 6 nitrogen and oxygen atoms in total. The first kappa shape index (κ1) is 12.9. The molecule has 3 rings (SSSR count). The SMILES string of the molecule is Nc1ccccc1C(=O)N1C(=O)c2cccc(N)c2C1=O. The summed E-state index contributed by atoms with van der Waals surface area (Å²) < 4.78 is 0. The average Bonchev–Trinajstić information content (AvgIpc) is 2.72. The molecule has 0 bridgehead atoms. The van der Waals surface area contributed by atoms with Crippen LogP contribution in [0.2, 0.25) is 0 Å². The fourth-order valence-corrected chi connectivity index (χ4v) is 2.31. The van der Waals surface area contributed by atoms with E-state index < -0.39 is 17.7 Å². The Labute approximate surface area is 120 Å². The Morgan fingerprint density at radius 3 is 2.19 bits per heavy atom. The maximum absolute atomic E-state index is 12.4. The zero-order valence-corrected chi connectivity index (χ0v) is 10.9. The van der Waals surface area contributed by atoms with Gasteiger partial charge in [-0.25, -0.2) is 4.90 Å². The van der Waals surface area contributed by atoms with Crippen molar-refractivity contribution in [2.45, 2.75) is 0 Å². The van der Waals surface area contributed by atoms with Crippen LogP contribution in [0.15, 0.2) is 42.5 Å². The average molecular weight is 281 g/mol. The third-order valence-electron chi connectivity index (χ3n) is 3.34. The number of anilines is 2. The number of benzene rings is 2. The molecular weight excluding hydrogens is 270 g/mol. The van der Waals surface area contributed by atoms with Crippen LogP contribution in [0.5, 0.6) is 0 Å². The van der Waals surface area contributed by atoms with Gasteiger partial charge in [-0.1, -0.05) is 18.2 Å². The summed E-state index contributed by atoms with van der Waals surface area (Å²) >= 11 is 0. The van der Waals surface area contributed by atoms with E-state index in [9.17, 15) is 14.4 Å². The van der Waals surface area contributed by atoms with E-state index in [0.717, 1.165) is 0 Å². The Kier molecular flexibility index (Phi) is 2.72. The van der Waals surface area contributed by atoms with Crippen molar-refractivity contribution in [3.05, 3.63) is 59.2 Å². The molecule has 21 heavy (non-hydrogen) atoms. The van der Waals surface area contributed by atoms with Gasteiger partial charge in [0.25, 0.3) is 17.7 Å². The van der Waals surface area contributed by atoms with Gasteiger partial charge in [-0.15, -0.1) is 0 Å². The van der Waals surface area contributed by atoms with Crippen LogP contribution >= 0.6 is 0 Å². The number of rotatable bonds is 1. The number of amides is 3. The number of hydrogen-bond donors (Lipinski definition) is 2. The van der Waals surface area contributed by atoms with Crippen LogP contribution < -0.4 is 11.5 Å². The number of para-hydroxylation sites is 1. The molecule has 1 heterocycles. The van der Waals surface area contributed by atoms with Crippen molar-refractivity contribution in [1.82, 2.24) is 4.90 Å². The monoisotopic (exact) mass is 281 g/mol. The van der Waals surface area contributed by atoms with E-state index in [2.05, 4.69) is 0 Å². The molecule has 0 atom stereocenters. The predicted molar refractivity (Wildman–Crippen MR) is 76.5 cm³/mol. The van der Waals surface area contributed by atoms with Gasteiger partial charge in [-0.05, 0) is 24.3 Å². The summed E-state index contributed by atoms with van der Waals surface area (Å²) in [5.74, 6) is -2.16. The zero-order valence-electron chi connectivity index (χ0n) is 10.9. The lowest BCUT2D eigenvalue weighted by Crippen LogP contribution is -2.36. The third-order valence-corrected chi connectivity index (χ3v) is 3.34. The summed E-state index contributed by atoms with van der Waals surface area (Å²) in [4.78, 5) is 37.6. The van der Waals surface area contributed by atoms with E-state index >= 15 is 0 Å². The zero-order chi connectivity index (χ0) is 15.1.